The van der Waals surface area contributed by atoms with Gasteiger partial charge in [-0.3, -0.25) is 14.4 Å². The van der Waals surface area contributed by atoms with Crippen LogP contribution in [-0.4, -0.2) is 63.4 Å². The summed E-state index contributed by atoms with van der Waals surface area (Å²) in [6.45, 7) is 9.27. The maximum atomic E-state index is 11.4. The Kier molecular flexibility index (Phi) is 5.84. The minimum absolute atomic E-state index is 0.0162. The van der Waals surface area contributed by atoms with E-state index in [-0.39, 0.29) is 11.8 Å². The van der Waals surface area contributed by atoms with Gasteiger partial charge in [0.2, 0.25) is 5.91 Å². The third kappa shape index (κ3) is 4.54. The lowest BCUT2D eigenvalue weighted by atomic mass is 9.97. The molecule has 2 saturated heterocycles. The van der Waals surface area contributed by atoms with Gasteiger partial charge in [-0.1, -0.05) is 12.1 Å². The first kappa shape index (κ1) is 17.4. The minimum Gasteiger partial charge on any atom is -0.369 e. The summed E-state index contributed by atoms with van der Waals surface area (Å²) < 4.78 is 2.00. The summed E-state index contributed by atoms with van der Waals surface area (Å²) in [7, 11) is 0. The molecular formula is C17H30N6O. The van der Waals surface area contributed by atoms with E-state index in [9.17, 15) is 4.79 Å². The van der Waals surface area contributed by atoms with E-state index >= 15 is 0 Å². The van der Waals surface area contributed by atoms with Crippen LogP contribution in [-0.2, 0) is 17.9 Å². The Morgan fingerprint density at radius 1 is 1.25 bits per heavy atom. The highest BCUT2D eigenvalue weighted by atomic mass is 16.1. The van der Waals surface area contributed by atoms with E-state index in [2.05, 4.69) is 33.2 Å². The average molecular weight is 334 g/mol. The fourth-order valence-electron chi connectivity index (χ4n) is 3.91. The van der Waals surface area contributed by atoms with E-state index in [4.69, 9.17) is 5.73 Å². The Labute approximate surface area is 144 Å². The zero-order chi connectivity index (χ0) is 16.9. The Morgan fingerprint density at radius 3 is 2.75 bits per heavy atom. The van der Waals surface area contributed by atoms with E-state index in [1.165, 1.54) is 25.9 Å². The van der Waals surface area contributed by atoms with Crippen molar-refractivity contribution in [1.29, 1.82) is 0 Å². The van der Waals surface area contributed by atoms with Crippen LogP contribution in [0.4, 0.5) is 0 Å². The molecule has 2 aliphatic heterocycles. The molecule has 0 aliphatic carbocycles. The van der Waals surface area contributed by atoms with Gasteiger partial charge in [-0.2, -0.15) is 0 Å². The van der Waals surface area contributed by atoms with Crippen molar-refractivity contribution in [2.75, 3.05) is 32.7 Å². The number of amides is 1. The number of hydrogen-bond acceptors (Lipinski definition) is 5. The van der Waals surface area contributed by atoms with Crippen LogP contribution in [0.1, 0.15) is 38.3 Å². The molecule has 0 bridgehead atoms. The van der Waals surface area contributed by atoms with Crippen LogP contribution < -0.4 is 5.73 Å². The number of nitrogens with zero attached hydrogens (tertiary/aromatic N) is 5. The Hall–Kier alpha value is -1.47. The number of hydrogen-bond donors (Lipinski definition) is 1. The molecule has 3 heterocycles. The van der Waals surface area contributed by atoms with Crippen molar-refractivity contribution in [2.24, 2.45) is 17.6 Å². The molecule has 2 aliphatic rings. The Morgan fingerprint density at radius 2 is 2.04 bits per heavy atom. The molecule has 0 spiro atoms. The number of nitrogens with two attached hydrogens (primary N) is 1. The summed E-state index contributed by atoms with van der Waals surface area (Å²) in [4.78, 5) is 16.2. The number of piperidine rings is 2. The number of likely N-dealkylation sites (tertiary alicyclic amines) is 2. The predicted octanol–water partition coefficient (Wildman–Crippen LogP) is 0.707. The average Bonchev–Trinajstić information content (AvgIpc) is 3.02. The molecule has 7 heteroatoms. The molecule has 1 aromatic heterocycles. The molecule has 0 unspecified atom stereocenters. The predicted molar refractivity (Wildman–Crippen MR) is 92.1 cm³/mol. The zero-order valence-electron chi connectivity index (χ0n) is 14.7. The van der Waals surface area contributed by atoms with Gasteiger partial charge in [0.05, 0.1) is 11.6 Å². The zero-order valence-corrected chi connectivity index (χ0v) is 14.7. The van der Waals surface area contributed by atoms with Crippen molar-refractivity contribution < 1.29 is 4.79 Å². The van der Waals surface area contributed by atoms with E-state index < -0.39 is 0 Å². The molecule has 1 amide bonds. The molecule has 3 rings (SSSR count). The van der Waals surface area contributed by atoms with E-state index in [0.29, 0.717) is 5.92 Å². The number of rotatable bonds is 6. The second-order valence-corrected chi connectivity index (χ2v) is 7.29. The molecule has 0 saturated carbocycles. The van der Waals surface area contributed by atoms with E-state index in [0.717, 1.165) is 51.3 Å². The Balaban J connectivity index is 1.48. The van der Waals surface area contributed by atoms with Crippen molar-refractivity contribution >= 4 is 5.91 Å². The monoisotopic (exact) mass is 334 g/mol. The summed E-state index contributed by atoms with van der Waals surface area (Å²) in [6.07, 6.45) is 6.50. The van der Waals surface area contributed by atoms with Crippen LogP contribution in [0, 0.1) is 11.8 Å². The first-order valence-corrected chi connectivity index (χ1v) is 9.27. The molecule has 7 nitrogen and oxygen atoms in total. The maximum Gasteiger partial charge on any atom is 0.221 e. The van der Waals surface area contributed by atoms with Crippen LogP contribution in [0.15, 0.2) is 6.20 Å². The van der Waals surface area contributed by atoms with Crippen LogP contribution >= 0.6 is 0 Å². The second-order valence-electron chi connectivity index (χ2n) is 7.29. The molecule has 134 valence electrons. The number of primary amides is 1. The maximum absolute atomic E-state index is 11.4. The normalized spacial score (nSPS) is 24.3. The largest absolute Gasteiger partial charge is 0.369 e. The van der Waals surface area contributed by atoms with Gasteiger partial charge in [-0.25, -0.2) is 0 Å². The van der Waals surface area contributed by atoms with Gasteiger partial charge in [0.1, 0.15) is 0 Å². The fourth-order valence-corrected chi connectivity index (χ4v) is 3.91. The van der Waals surface area contributed by atoms with Crippen LogP contribution in [0.3, 0.4) is 0 Å². The summed E-state index contributed by atoms with van der Waals surface area (Å²) >= 11 is 0. The van der Waals surface area contributed by atoms with Crippen LogP contribution in [0.5, 0.6) is 0 Å². The quantitative estimate of drug-likeness (QED) is 0.829. The summed E-state index contributed by atoms with van der Waals surface area (Å²) in [5.74, 6) is 0.510. The van der Waals surface area contributed by atoms with Crippen LogP contribution in [0.2, 0.25) is 0 Å². The van der Waals surface area contributed by atoms with Crippen molar-refractivity contribution in [3.05, 3.63) is 11.9 Å². The highest BCUT2D eigenvalue weighted by Crippen LogP contribution is 2.20. The first-order valence-electron chi connectivity index (χ1n) is 9.27. The summed E-state index contributed by atoms with van der Waals surface area (Å²) in [6, 6.07) is 0. The van der Waals surface area contributed by atoms with Crippen molar-refractivity contribution in [3.8, 4) is 0 Å². The lowest BCUT2D eigenvalue weighted by Crippen LogP contribution is -2.40. The molecular weight excluding hydrogens is 304 g/mol. The third-order valence-electron chi connectivity index (χ3n) is 5.48. The number of aromatic nitrogens is 3. The molecule has 1 aromatic rings. The van der Waals surface area contributed by atoms with Gasteiger partial charge in [0, 0.05) is 25.8 Å². The van der Waals surface area contributed by atoms with Gasteiger partial charge in [0.15, 0.2) is 0 Å². The van der Waals surface area contributed by atoms with Crippen molar-refractivity contribution in [2.45, 2.75) is 45.7 Å². The molecule has 0 radical (unpaired) electrons. The summed E-state index contributed by atoms with van der Waals surface area (Å²) in [5, 5.41) is 8.63. The summed E-state index contributed by atoms with van der Waals surface area (Å²) in [5.41, 5.74) is 6.44. The minimum atomic E-state index is -0.179. The van der Waals surface area contributed by atoms with Gasteiger partial charge in [-0.05, 0) is 57.8 Å². The Bertz CT molecular complexity index is 537. The van der Waals surface area contributed by atoms with E-state index in [1.807, 2.05) is 4.68 Å². The van der Waals surface area contributed by atoms with E-state index in [1.54, 1.807) is 0 Å². The van der Waals surface area contributed by atoms with Crippen molar-refractivity contribution in [1.82, 2.24) is 24.8 Å². The number of carbonyl (C=O) groups is 1. The van der Waals surface area contributed by atoms with Crippen molar-refractivity contribution in [3.63, 3.8) is 0 Å². The molecule has 1 atom stereocenters. The third-order valence-corrected chi connectivity index (χ3v) is 5.48. The molecule has 0 aromatic carbocycles. The number of carbonyl (C=O) groups excluding carboxylic acids is 1. The van der Waals surface area contributed by atoms with Gasteiger partial charge in [0.25, 0.3) is 0 Å². The van der Waals surface area contributed by atoms with Crippen LogP contribution in [0.25, 0.3) is 0 Å². The first-order chi connectivity index (χ1) is 11.6. The lowest BCUT2D eigenvalue weighted by molar-refractivity contribution is -0.123. The molecule has 2 fully saturated rings. The second kappa shape index (κ2) is 8.07. The highest BCUT2D eigenvalue weighted by Gasteiger charge is 2.24. The molecule has 2 N–H and O–H groups in total. The van der Waals surface area contributed by atoms with Gasteiger partial charge >= 0.3 is 0 Å². The topological polar surface area (TPSA) is 80.3 Å². The lowest BCUT2D eigenvalue weighted by Gasteiger charge is -2.30. The molecule has 24 heavy (non-hydrogen) atoms. The standard InChI is InChI=1S/C17H30N6O/c1-2-21-8-5-14(6-9-21)10-23-13-16(19-20-23)12-22-7-3-4-15(11-22)17(18)24/h13-15H,2-12H2,1H3,(H2,18,24)/t15-/m1/s1. The SMILES string of the molecule is CCN1CCC(Cn2cc(CN3CCC[C@@H](C(N)=O)C3)nn2)CC1. The fraction of sp³-hybridized carbons (Fsp3) is 0.824. The smallest absolute Gasteiger partial charge is 0.221 e. The van der Waals surface area contributed by atoms with Gasteiger partial charge in [-0.15, -0.1) is 5.10 Å². The highest BCUT2D eigenvalue weighted by molar-refractivity contribution is 5.76. The van der Waals surface area contributed by atoms with Gasteiger partial charge < -0.3 is 10.6 Å².